The summed E-state index contributed by atoms with van der Waals surface area (Å²) in [5.41, 5.74) is 0. The minimum Gasteiger partial charge on any atom is -0.465 e. The average Bonchev–Trinajstić information content (AvgIpc) is 3.37. The maximum absolute atomic E-state index is 13.0. The molecule has 424 valence electrons. The molecule has 71 heavy (non-hydrogen) atoms. The normalized spacial score (nSPS) is 12.7. The first-order valence-corrected chi connectivity index (χ1v) is 30.8. The molecule has 0 saturated carbocycles. The standard InChI is InChI=1S/C50H100N2O6.C11H22O2/c1-5-9-13-17-19-27-35-47(33-25-15-11-7-3)49(55)57-45-31-23-21-29-37-51(41-43-53)39-40-52(42-44-54)38-30-22-24-32-46-58-50(56)48(34-26-16-12-8-4)36-28-20-18-14-10-6-2;1-4-6-7-8-9-13-11(12)10(3)5-2/h47-48,53-54H,5-46H2,1-4H3;10H,4-9H2,1-3H3. The number of hydrogen-bond donors (Lipinski definition) is 2. The highest BCUT2D eigenvalue weighted by molar-refractivity contribution is 5.73. The van der Waals surface area contributed by atoms with Gasteiger partial charge in [-0.1, -0.05) is 222 Å². The number of unbranched alkanes of at least 4 members (excludes halogenated alkanes) is 25. The second-order valence-corrected chi connectivity index (χ2v) is 21.0. The zero-order chi connectivity index (χ0) is 52.7. The predicted molar refractivity (Wildman–Crippen MR) is 301 cm³/mol. The highest BCUT2D eigenvalue weighted by atomic mass is 16.5. The van der Waals surface area contributed by atoms with E-state index in [0.717, 1.165) is 142 Å². The van der Waals surface area contributed by atoms with Crippen LogP contribution in [-0.2, 0) is 28.6 Å². The summed E-state index contributed by atoms with van der Waals surface area (Å²) >= 11 is 0. The molecule has 3 unspecified atom stereocenters. The molecular weight excluding hydrogens is 889 g/mol. The van der Waals surface area contributed by atoms with Gasteiger partial charge in [-0.25, -0.2) is 0 Å². The molecule has 0 amide bonds. The third-order valence-corrected chi connectivity index (χ3v) is 14.3. The number of aliphatic hydroxyl groups excluding tert-OH is 2. The second-order valence-electron chi connectivity index (χ2n) is 21.0. The van der Waals surface area contributed by atoms with Crippen LogP contribution in [0.4, 0.5) is 0 Å². The summed E-state index contributed by atoms with van der Waals surface area (Å²) in [7, 11) is 0. The molecule has 0 saturated heterocycles. The molecule has 10 heteroatoms. The quantitative estimate of drug-likeness (QED) is 0.0346. The van der Waals surface area contributed by atoms with Crippen molar-refractivity contribution in [1.29, 1.82) is 0 Å². The van der Waals surface area contributed by atoms with Crippen LogP contribution in [0.15, 0.2) is 0 Å². The van der Waals surface area contributed by atoms with E-state index in [-0.39, 0.29) is 48.9 Å². The van der Waals surface area contributed by atoms with Crippen LogP contribution in [0.2, 0.25) is 0 Å². The second kappa shape index (κ2) is 57.5. The number of hydrogen-bond acceptors (Lipinski definition) is 10. The van der Waals surface area contributed by atoms with Crippen molar-refractivity contribution >= 4 is 17.9 Å². The zero-order valence-corrected chi connectivity index (χ0v) is 48.4. The van der Waals surface area contributed by atoms with Crippen molar-refractivity contribution in [1.82, 2.24) is 9.80 Å². The predicted octanol–water partition coefficient (Wildman–Crippen LogP) is 15.6. The largest absolute Gasteiger partial charge is 0.465 e. The van der Waals surface area contributed by atoms with E-state index in [1.807, 2.05) is 13.8 Å². The molecule has 0 bridgehead atoms. The fraction of sp³-hybridized carbons (Fsp3) is 0.951. The lowest BCUT2D eigenvalue weighted by molar-refractivity contribution is -0.150. The van der Waals surface area contributed by atoms with E-state index in [1.165, 1.54) is 122 Å². The molecule has 0 aliphatic rings. The third-order valence-electron chi connectivity index (χ3n) is 14.3. The first-order valence-electron chi connectivity index (χ1n) is 30.8. The van der Waals surface area contributed by atoms with Crippen LogP contribution in [0, 0.1) is 17.8 Å². The number of nitrogens with zero attached hydrogens (tertiary/aromatic N) is 2. The highest BCUT2D eigenvalue weighted by Gasteiger charge is 2.21. The van der Waals surface area contributed by atoms with E-state index in [0.29, 0.717) is 32.9 Å². The summed E-state index contributed by atoms with van der Waals surface area (Å²) in [6.45, 7) is 22.0. The molecule has 0 spiro atoms. The van der Waals surface area contributed by atoms with E-state index in [9.17, 15) is 24.6 Å². The minimum atomic E-state index is -0.0426. The topological polar surface area (TPSA) is 126 Å². The van der Waals surface area contributed by atoms with Crippen LogP contribution in [0.5, 0.6) is 0 Å². The van der Waals surface area contributed by atoms with Crippen LogP contribution in [-0.4, -0.2) is 110 Å². The zero-order valence-electron chi connectivity index (χ0n) is 48.4. The van der Waals surface area contributed by atoms with Gasteiger partial charge < -0.3 is 24.4 Å². The summed E-state index contributed by atoms with van der Waals surface area (Å²) < 4.78 is 16.7. The molecule has 0 aromatic heterocycles. The van der Waals surface area contributed by atoms with Gasteiger partial charge in [-0.2, -0.15) is 0 Å². The number of esters is 3. The van der Waals surface area contributed by atoms with Crippen molar-refractivity contribution in [2.24, 2.45) is 17.8 Å². The molecule has 0 radical (unpaired) electrons. The maximum atomic E-state index is 13.0. The molecule has 0 heterocycles. The number of rotatable bonds is 54. The van der Waals surface area contributed by atoms with Crippen molar-refractivity contribution in [2.45, 2.75) is 286 Å². The minimum absolute atomic E-state index is 0.0305. The Kier molecular flexibility index (Phi) is 57.8. The molecular formula is C61H122N2O8. The first kappa shape index (κ1) is 71.3. The summed E-state index contributed by atoms with van der Waals surface area (Å²) in [4.78, 5) is 41.8. The SMILES string of the molecule is CCCCCCCCC(CCCCCC)C(=O)OCCCCCCN(CCO)CCN(CCO)CCCCCCOC(=O)C(CCCCCC)CCCCCCCC.CCCCCCOC(=O)C(C)CC. The lowest BCUT2D eigenvalue weighted by Crippen LogP contribution is -2.38. The van der Waals surface area contributed by atoms with Gasteiger partial charge >= 0.3 is 17.9 Å². The Morgan fingerprint density at radius 3 is 0.930 bits per heavy atom. The molecule has 0 rings (SSSR count). The number of carbonyl (C=O) groups is 3. The van der Waals surface area contributed by atoms with Crippen LogP contribution in [0.25, 0.3) is 0 Å². The van der Waals surface area contributed by atoms with Gasteiger partial charge in [0.15, 0.2) is 0 Å². The Balaban J connectivity index is 0. The van der Waals surface area contributed by atoms with E-state index < -0.39 is 0 Å². The van der Waals surface area contributed by atoms with Crippen LogP contribution in [0.3, 0.4) is 0 Å². The Morgan fingerprint density at radius 2 is 0.606 bits per heavy atom. The molecule has 0 aromatic rings. The Hall–Kier alpha value is -1.75. The molecule has 0 aromatic carbocycles. The van der Waals surface area contributed by atoms with Crippen molar-refractivity contribution in [3.05, 3.63) is 0 Å². The summed E-state index contributed by atoms with van der Waals surface area (Å²) in [6, 6.07) is 0. The highest BCUT2D eigenvalue weighted by Crippen LogP contribution is 2.22. The fourth-order valence-corrected chi connectivity index (χ4v) is 9.15. The van der Waals surface area contributed by atoms with Gasteiger partial charge in [-0.3, -0.25) is 24.2 Å². The number of ether oxygens (including phenoxy) is 3. The van der Waals surface area contributed by atoms with Gasteiger partial charge in [0, 0.05) is 26.2 Å². The Bertz CT molecular complexity index is 1040. The molecule has 0 aliphatic carbocycles. The van der Waals surface area contributed by atoms with Crippen LogP contribution in [0.1, 0.15) is 286 Å². The van der Waals surface area contributed by atoms with E-state index in [2.05, 4.69) is 44.4 Å². The summed E-state index contributed by atoms with van der Waals surface area (Å²) in [5, 5.41) is 19.4. The van der Waals surface area contributed by atoms with E-state index >= 15 is 0 Å². The third kappa shape index (κ3) is 48.9. The van der Waals surface area contributed by atoms with Crippen LogP contribution < -0.4 is 0 Å². The van der Waals surface area contributed by atoms with Crippen molar-refractivity contribution < 1.29 is 38.8 Å². The Morgan fingerprint density at radius 1 is 0.338 bits per heavy atom. The van der Waals surface area contributed by atoms with Crippen LogP contribution >= 0.6 is 0 Å². The summed E-state index contributed by atoms with van der Waals surface area (Å²) in [5.74, 6) is 0.217. The average molecular weight is 1010 g/mol. The van der Waals surface area contributed by atoms with Gasteiger partial charge in [0.1, 0.15) is 0 Å². The molecule has 0 aliphatic heterocycles. The van der Waals surface area contributed by atoms with Crippen molar-refractivity contribution in [3.63, 3.8) is 0 Å². The molecule has 10 nitrogen and oxygen atoms in total. The molecule has 3 atom stereocenters. The van der Waals surface area contributed by atoms with Gasteiger partial charge in [0.25, 0.3) is 0 Å². The fourth-order valence-electron chi connectivity index (χ4n) is 9.15. The van der Waals surface area contributed by atoms with Gasteiger partial charge in [-0.15, -0.1) is 0 Å². The maximum Gasteiger partial charge on any atom is 0.308 e. The smallest absolute Gasteiger partial charge is 0.308 e. The lowest BCUT2D eigenvalue weighted by atomic mass is 9.94. The number of aliphatic hydroxyl groups is 2. The van der Waals surface area contributed by atoms with Crippen molar-refractivity contribution in [3.8, 4) is 0 Å². The number of carbonyl (C=O) groups excluding carboxylic acids is 3. The van der Waals surface area contributed by atoms with Gasteiger partial charge in [0.2, 0.25) is 0 Å². The van der Waals surface area contributed by atoms with E-state index in [1.54, 1.807) is 0 Å². The lowest BCUT2D eigenvalue weighted by Gasteiger charge is -2.27. The molecule has 0 fully saturated rings. The monoisotopic (exact) mass is 1010 g/mol. The van der Waals surface area contributed by atoms with Gasteiger partial charge in [-0.05, 0) is 77.3 Å². The first-order chi connectivity index (χ1) is 34.7. The van der Waals surface area contributed by atoms with Gasteiger partial charge in [0.05, 0.1) is 50.8 Å². The summed E-state index contributed by atoms with van der Waals surface area (Å²) in [6.07, 6.45) is 42.3. The Labute approximate surface area is 441 Å². The van der Waals surface area contributed by atoms with E-state index in [4.69, 9.17) is 14.2 Å². The van der Waals surface area contributed by atoms with Crippen molar-refractivity contribution in [2.75, 3.05) is 72.3 Å². The molecule has 2 N–H and O–H groups in total.